The predicted molar refractivity (Wildman–Crippen MR) is 62.6 cm³/mol. The molecular formula is C12H16ClNO. The number of halogens is 1. The van der Waals surface area contributed by atoms with E-state index in [0.717, 1.165) is 12.3 Å². The highest BCUT2D eigenvalue weighted by molar-refractivity contribution is 6.18. The number of rotatable bonds is 6. The molecule has 0 bridgehead atoms. The van der Waals surface area contributed by atoms with Gasteiger partial charge in [0.2, 0.25) is 0 Å². The third-order valence-electron chi connectivity index (χ3n) is 2.72. The molecule has 15 heavy (non-hydrogen) atoms. The molecule has 1 aliphatic carbocycles. The molecule has 1 N–H and O–H groups in total. The summed E-state index contributed by atoms with van der Waals surface area (Å²) in [7, 11) is 0. The smallest absolute Gasteiger partial charge is 0.119 e. The lowest BCUT2D eigenvalue weighted by Gasteiger charge is -2.14. The fourth-order valence-corrected chi connectivity index (χ4v) is 1.87. The first-order valence-corrected chi connectivity index (χ1v) is 5.87. The molecule has 0 atom stereocenters. The Labute approximate surface area is 95.6 Å². The Morgan fingerprint density at radius 3 is 2.60 bits per heavy atom. The molecule has 1 saturated carbocycles. The molecule has 0 aliphatic heterocycles. The molecule has 0 unspecified atom stereocenters. The van der Waals surface area contributed by atoms with Crippen LogP contribution in [0.15, 0.2) is 30.3 Å². The minimum atomic E-state index is 0.224. The van der Waals surface area contributed by atoms with Gasteiger partial charge in [0.05, 0.1) is 0 Å². The zero-order chi connectivity index (χ0) is 10.6. The van der Waals surface area contributed by atoms with Crippen molar-refractivity contribution in [2.45, 2.75) is 18.4 Å². The fourth-order valence-electron chi connectivity index (χ4n) is 1.51. The van der Waals surface area contributed by atoms with Gasteiger partial charge in [0.15, 0.2) is 0 Å². The Morgan fingerprint density at radius 1 is 1.27 bits per heavy atom. The first kappa shape index (κ1) is 10.8. The zero-order valence-electron chi connectivity index (χ0n) is 8.71. The Balaban J connectivity index is 1.63. The van der Waals surface area contributed by atoms with Crippen LogP contribution >= 0.6 is 11.6 Å². The molecule has 1 aromatic rings. The Morgan fingerprint density at radius 2 is 2.00 bits per heavy atom. The van der Waals surface area contributed by atoms with E-state index in [1.54, 1.807) is 0 Å². The van der Waals surface area contributed by atoms with Gasteiger partial charge in [0.25, 0.3) is 0 Å². The average Bonchev–Trinajstić information content (AvgIpc) is 3.07. The maximum atomic E-state index is 5.85. The second-order valence-electron chi connectivity index (χ2n) is 4.00. The van der Waals surface area contributed by atoms with Crippen LogP contribution in [0.25, 0.3) is 0 Å². The molecule has 0 radical (unpaired) electrons. The number of ether oxygens (including phenoxy) is 1. The van der Waals surface area contributed by atoms with Gasteiger partial charge >= 0.3 is 0 Å². The second-order valence-corrected chi connectivity index (χ2v) is 4.27. The van der Waals surface area contributed by atoms with Crippen molar-refractivity contribution in [1.82, 2.24) is 5.32 Å². The lowest BCUT2D eigenvalue weighted by Crippen LogP contribution is -2.35. The van der Waals surface area contributed by atoms with E-state index in [0.29, 0.717) is 12.5 Å². The molecule has 1 aliphatic rings. The van der Waals surface area contributed by atoms with Crippen LogP contribution in [0.2, 0.25) is 0 Å². The van der Waals surface area contributed by atoms with Crippen molar-refractivity contribution in [2.24, 2.45) is 0 Å². The van der Waals surface area contributed by atoms with Crippen molar-refractivity contribution in [3.63, 3.8) is 0 Å². The zero-order valence-corrected chi connectivity index (χ0v) is 9.46. The van der Waals surface area contributed by atoms with Gasteiger partial charge in [-0.25, -0.2) is 0 Å². The highest BCUT2D eigenvalue weighted by Gasteiger charge is 2.40. The van der Waals surface area contributed by atoms with Crippen LogP contribution in [-0.4, -0.2) is 24.6 Å². The first-order valence-electron chi connectivity index (χ1n) is 5.33. The van der Waals surface area contributed by atoms with Crippen LogP contribution in [0.3, 0.4) is 0 Å². The summed E-state index contributed by atoms with van der Waals surface area (Å²) >= 11 is 5.85. The molecule has 0 amide bonds. The lowest BCUT2D eigenvalue weighted by atomic mass is 10.3. The molecule has 1 fully saturated rings. The molecule has 2 nitrogen and oxygen atoms in total. The number of alkyl halides is 1. The van der Waals surface area contributed by atoms with Gasteiger partial charge in [-0.05, 0) is 25.0 Å². The van der Waals surface area contributed by atoms with Crippen molar-refractivity contribution in [3.05, 3.63) is 30.3 Å². The first-order chi connectivity index (χ1) is 7.35. The maximum absolute atomic E-state index is 5.85. The number of benzene rings is 1. The highest BCUT2D eigenvalue weighted by atomic mass is 35.5. The van der Waals surface area contributed by atoms with E-state index in [2.05, 4.69) is 5.32 Å². The fraction of sp³-hybridized carbons (Fsp3) is 0.500. The van der Waals surface area contributed by atoms with E-state index in [4.69, 9.17) is 16.3 Å². The molecule has 0 heterocycles. The topological polar surface area (TPSA) is 21.3 Å². The van der Waals surface area contributed by atoms with Crippen LogP contribution < -0.4 is 10.1 Å². The summed E-state index contributed by atoms with van der Waals surface area (Å²) in [5, 5.41) is 3.43. The molecule has 82 valence electrons. The predicted octanol–water partition coefficient (Wildman–Crippen LogP) is 2.43. The van der Waals surface area contributed by atoms with Crippen LogP contribution in [-0.2, 0) is 0 Å². The number of para-hydroxylation sites is 1. The van der Waals surface area contributed by atoms with E-state index in [1.165, 1.54) is 12.8 Å². The summed E-state index contributed by atoms with van der Waals surface area (Å²) in [6.07, 6.45) is 2.39. The van der Waals surface area contributed by atoms with E-state index in [1.807, 2.05) is 30.3 Å². The van der Waals surface area contributed by atoms with Crippen molar-refractivity contribution in [1.29, 1.82) is 0 Å². The summed E-state index contributed by atoms with van der Waals surface area (Å²) < 4.78 is 5.57. The normalized spacial score (nSPS) is 17.4. The standard InChI is InChI=1S/C12H16ClNO/c13-10-12(6-7-12)14-8-9-15-11-4-2-1-3-5-11/h1-5,14H,6-10H2. The molecule has 0 spiro atoms. The van der Waals surface area contributed by atoms with E-state index in [-0.39, 0.29) is 5.54 Å². The van der Waals surface area contributed by atoms with E-state index >= 15 is 0 Å². The summed E-state index contributed by atoms with van der Waals surface area (Å²) in [6.45, 7) is 1.56. The quantitative estimate of drug-likeness (QED) is 0.593. The molecule has 1 aromatic carbocycles. The SMILES string of the molecule is ClCC1(NCCOc2ccccc2)CC1. The molecular weight excluding hydrogens is 210 g/mol. The Hall–Kier alpha value is -0.730. The summed E-state index contributed by atoms with van der Waals surface area (Å²) in [6, 6.07) is 9.87. The van der Waals surface area contributed by atoms with Gasteiger partial charge < -0.3 is 10.1 Å². The Kier molecular flexibility index (Phi) is 3.49. The largest absolute Gasteiger partial charge is 0.492 e. The number of hydrogen-bond acceptors (Lipinski definition) is 2. The maximum Gasteiger partial charge on any atom is 0.119 e. The van der Waals surface area contributed by atoms with Crippen LogP contribution in [0.1, 0.15) is 12.8 Å². The second kappa shape index (κ2) is 4.86. The Bertz CT molecular complexity index is 298. The lowest BCUT2D eigenvalue weighted by molar-refractivity contribution is 0.305. The van der Waals surface area contributed by atoms with Crippen molar-refractivity contribution in [2.75, 3.05) is 19.0 Å². The third-order valence-corrected chi connectivity index (χ3v) is 3.23. The van der Waals surface area contributed by atoms with Gasteiger partial charge in [-0.15, -0.1) is 11.6 Å². The highest BCUT2D eigenvalue weighted by Crippen LogP contribution is 2.35. The van der Waals surface area contributed by atoms with Crippen LogP contribution in [0, 0.1) is 0 Å². The van der Waals surface area contributed by atoms with E-state index < -0.39 is 0 Å². The summed E-state index contributed by atoms with van der Waals surface area (Å²) in [5.74, 6) is 1.63. The minimum absolute atomic E-state index is 0.224. The van der Waals surface area contributed by atoms with Gasteiger partial charge in [-0.2, -0.15) is 0 Å². The van der Waals surface area contributed by atoms with Crippen molar-refractivity contribution >= 4 is 11.6 Å². The van der Waals surface area contributed by atoms with Crippen LogP contribution in [0.5, 0.6) is 5.75 Å². The number of hydrogen-bond donors (Lipinski definition) is 1. The monoisotopic (exact) mass is 225 g/mol. The number of nitrogens with one attached hydrogen (secondary N) is 1. The minimum Gasteiger partial charge on any atom is -0.492 e. The molecule has 3 heteroatoms. The molecule has 2 rings (SSSR count). The average molecular weight is 226 g/mol. The molecule has 0 saturated heterocycles. The third kappa shape index (κ3) is 3.11. The van der Waals surface area contributed by atoms with Gasteiger partial charge in [0, 0.05) is 18.0 Å². The summed E-state index contributed by atoms with van der Waals surface area (Å²) in [5.41, 5.74) is 0.224. The van der Waals surface area contributed by atoms with Gasteiger partial charge in [0.1, 0.15) is 12.4 Å². The summed E-state index contributed by atoms with van der Waals surface area (Å²) in [4.78, 5) is 0. The van der Waals surface area contributed by atoms with Crippen molar-refractivity contribution < 1.29 is 4.74 Å². The van der Waals surface area contributed by atoms with Gasteiger partial charge in [-0.1, -0.05) is 18.2 Å². The molecule has 0 aromatic heterocycles. The van der Waals surface area contributed by atoms with Crippen molar-refractivity contribution in [3.8, 4) is 5.75 Å². The van der Waals surface area contributed by atoms with Crippen LogP contribution in [0.4, 0.5) is 0 Å². The van der Waals surface area contributed by atoms with E-state index in [9.17, 15) is 0 Å². The van der Waals surface area contributed by atoms with Gasteiger partial charge in [-0.3, -0.25) is 0 Å².